The van der Waals surface area contributed by atoms with Gasteiger partial charge in [-0.1, -0.05) is 18.2 Å². The van der Waals surface area contributed by atoms with Gasteiger partial charge in [0.25, 0.3) is 5.56 Å². The average Bonchev–Trinajstić information content (AvgIpc) is 2.74. The highest BCUT2D eigenvalue weighted by Crippen LogP contribution is 2.22. The SMILES string of the molecule is O=C(c1ccc(F)cc1)C1CCN(CCn2ncc3ccccc3c2=O)CC1. The molecule has 0 saturated carbocycles. The molecule has 0 aliphatic carbocycles. The van der Waals surface area contributed by atoms with Gasteiger partial charge in [0.15, 0.2) is 5.78 Å². The van der Waals surface area contributed by atoms with E-state index in [2.05, 4.69) is 10.00 Å². The largest absolute Gasteiger partial charge is 0.301 e. The van der Waals surface area contributed by atoms with Crippen molar-refractivity contribution in [3.8, 4) is 0 Å². The Morgan fingerprint density at radius 2 is 1.75 bits per heavy atom. The lowest BCUT2D eigenvalue weighted by Gasteiger charge is -2.31. The van der Waals surface area contributed by atoms with Crippen LogP contribution >= 0.6 is 0 Å². The molecular formula is C22H22FN3O2. The summed E-state index contributed by atoms with van der Waals surface area (Å²) in [4.78, 5) is 27.4. The van der Waals surface area contributed by atoms with E-state index in [0.29, 0.717) is 17.5 Å². The monoisotopic (exact) mass is 379 g/mol. The molecule has 0 amide bonds. The average molecular weight is 379 g/mol. The smallest absolute Gasteiger partial charge is 0.274 e. The molecule has 144 valence electrons. The summed E-state index contributed by atoms with van der Waals surface area (Å²) in [5, 5.41) is 5.81. The maximum Gasteiger partial charge on any atom is 0.274 e. The maximum atomic E-state index is 13.0. The summed E-state index contributed by atoms with van der Waals surface area (Å²) >= 11 is 0. The van der Waals surface area contributed by atoms with E-state index < -0.39 is 0 Å². The van der Waals surface area contributed by atoms with Crippen LogP contribution in [0.15, 0.2) is 59.5 Å². The van der Waals surface area contributed by atoms with Crippen molar-refractivity contribution in [1.82, 2.24) is 14.7 Å². The van der Waals surface area contributed by atoms with Gasteiger partial charge in [-0.2, -0.15) is 5.10 Å². The number of carbonyl (C=O) groups excluding carboxylic acids is 1. The Morgan fingerprint density at radius 3 is 2.50 bits per heavy atom. The minimum Gasteiger partial charge on any atom is -0.301 e. The van der Waals surface area contributed by atoms with Gasteiger partial charge in [-0.25, -0.2) is 9.07 Å². The summed E-state index contributed by atoms with van der Waals surface area (Å²) in [6, 6.07) is 13.2. The summed E-state index contributed by atoms with van der Waals surface area (Å²) in [6.07, 6.45) is 3.27. The number of fused-ring (bicyclic) bond motifs is 1. The maximum absolute atomic E-state index is 13.0. The van der Waals surface area contributed by atoms with Crippen LogP contribution in [0.25, 0.3) is 10.8 Å². The molecule has 1 aromatic heterocycles. The number of benzene rings is 2. The normalized spacial score (nSPS) is 15.8. The summed E-state index contributed by atoms with van der Waals surface area (Å²) in [5.41, 5.74) is 0.506. The number of nitrogens with zero attached hydrogens (tertiary/aromatic N) is 3. The van der Waals surface area contributed by atoms with Gasteiger partial charge < -0.3 is 4.90 Å². The Balaban J connectivity index is 1.34. The van der Waals surface area contributed by atoms with Crippen LogP contribution in [-0.2, 0) is 6.54 Å². The molecule has 2 aromatic carbocycles. The molecule has 0 atom stereocenters. The lowest BCUT2D eigenvalue weighted by atomic mass is 9.89. The Hall–Kier alpha value is -2.86. The molecule has 1 saturated heterocycles. The van der Waals surface area contributed by atoms with E-state index in [1.165, 1.54) is 16.8 Å². The number of Topliss-reactive ketones (excluding diaryl/α,β-unsaturated/α-hetero) is 1. The summed E-state index contributed by atoms with van der Waals surface area (Å²) < 4.78 is 14.5. The minimum atomic E-state index is -0.330. The van der Waals surface area contributed by atoms with Crippen molar-refractivity contribution in [2.45, 2.75) is 19.4 Å². The molecule has 28 heavy (non-hydrogen) atoms. The van der Waals surface area contributed by atoms with Crippen LogP contribution in [0.4, 0.5) is 4.39 Å². The minimum absolute atomic E-state index is 0.0248. The quantitative estimate of drug-likeness (QED) is 0.639. The summed E-state index contributed by atoms with van der Waals surface area (Å²) in [7, 11) is 0. The zero-order chi connectivity index (χ0) is 19.5. The first kappa shape index (κ1) is 18.5. The second kappa shape index (κ2) is 8.02. The van der Waals surface area contributed by atoms with Gasteiger partial charge in [0.2, 0.25) is 0 Å². The second-order valence-electron chi connectivity index (χ2n) is 7.25. The number of aromatic nitrogens is 2. The highest BCUT2D eigenvalue weighted by molar-refractivity contribution is 5.97. The lowest BCUT2D eigenvalue weighted by molar-refractivity contribution is 0.0836. The van der Waals surface area contributed by atoms with E-state index in [1.807, 2.05) is 24.3 Å². The third kappa shape index (κ3) is 3.87. The first-order valence-corrected chi connectivity index (χ1v) is 9.59. The molecule has 6 heteroatoms. The molecule has 1 aliphatic rings. The van der Waals surface area contributed by atoms with Gasteiger partial charge in [0, 0.05) is 23.4 Å². The Morgan fingerprint density at radius 1 is 1.04 bits per heavy atom. The number of halogens is 1. The van der Waals surface area contributed by atoms with Crippen LogP contribution in [0.1, 0.15) is 23.2 Å². The number of ketones is 1. The number of hydrogen-bond acceptors (Lipinski definition) is 4. The Bertz CT molecular complexity index is 1040. The van der Waals surface area contributed by atoms with Gasteiger partial charge in [0.05, 0.1) is 18.1 Å². The molecule has 4 rings (SSSR count). The molecule has 0 unspecified atom stereocenters. The molecule has 0 N–H and O–H groups in total. The molecule has 0 radical (unpaired) electrons. The number of carbonyl (C=O) groups is 1. The van der Waals surface area contributed by atoms with E-state index in [-0.39, 0.29) is 23.1 Å². The molecule has 5 nitrogen and oxygen atoms in total. The van der Waals surface area contributed by atoms with E-state index in [0.717, 1.165) is 37.9 Å². The highest BCUT2D eigenvalue weighted by Gasteiger charge is 2.25. The molecule has 3 aromatic rings. The van der Waals surface area contributed by atoms with E-state index in [4.69, 9.17) is 0 Å². The van der Waals surface area contributed by atoms with E-state index in [9.17, 15) is 14.0 Å². The number of likely N-dealkylation sites (tertiary alicyclic amines) is 1. The fraction of sp³-hybridized carbons (Fsp3) is 0.318. The molecule has 2 heterocycles. The van der Waals surface area contributed by atoms with Gasteiger partial charge in [0.1, 0.15) is 5.82 Å². The zero-order valence-corrected chi connectivity index (χ0v) is 15.6. The van der Waals surface area contributed by atoms with Crippen molar-refractivity contribution in [2.75, 3.05) is 19.6 Å². The molecule has 1 fully saturated rings. The van der Waals surface area contributed by atoms with Crippen molar-refractivity contribution in [3.05, 3.63) is 76.5 Å². The van der Waals surface area contributed by atoms with Gasteiger partial charge in [-0.05, 0) is 56.3 Å². The van der Waals surface area contributed by atoms with Crippen molar-refractivity contribution in [3.63, 3.8) is 0 Å². The summed E-state index contributed by atoms with van der Waals surface area (Å²) in [5.74, 6) is -0.265. The van der Waals surface area contributed by atoms with Gasteiger partial charge in [-0.3, -0.25) is 9.59 Å². The molecular weight excluding hydrogens is 357 g/mol. The van der Waals surface area contributed by atoms with Crippen LogP contribution < -0.4 is 5.56 Å². The molecule has 0 bridgehead atoms. The standard InChI is InChI=1S/C22H22FN3O2/c23-19-7-5-16(6-8-19)21(27)17-9-11-25(12-10-17)13-14-26-22(28)20-4-2-1-3-18(20)15-24-26/h1-8,15,17H,9-14H2. The van der Waals surface area contributed by atoms with Gasteiger partial charge in [-0.15, -0.1) is 0 Å². The number of piperidine rings is 1. The van der Waals surface area contributed by atoms with Crippen LogP contribution in [-0.4, -0.2) is 40.1 Å². The van der Waals surface area contributed by atoms with Crippen LogP contribution in [0.5, 0.6) is 0 Å². The fourth-order valence-electron chi connectivity index (χ4n) is 3.79. The fourth-order valence-corrected chi connectivity index (χ4v) is 3.79. The van der Waals surface area contributed by atoms with Crippen molar-refractivity contribution in [1.29, 1.82) is 0 Å². The van der Waals surface area contributed by atoms with Crippen molar-refractivity contribution >= 4 is 16.6 Å². The van der Waals surface area contributed by atoms with Crippen molar-refractivity contribution in [2.24, 2.45) is 5.92 Å². The third-order valence-electron chi connectivity index (χ3n) is 5.48. The molecule has 1 aliphatic heterocycles. The van der Waals surface area contributed by atoms with Crippen LogP contribution in [0.2, 0.25) is 0 Å². The second-order valence-corrected chi connectivity index (χ2v) is 7.25. The topological polar surface area (TPSA) is 55.2 Å². The predicted octanol–water partition coefficient (Wildman–Crippen LogP) is 3.13. The lowest BCUT2D eigenvalue weighted by Crippen LogP contribution is -2.39. The highest BCUT2D eigenvalue weighted by atomic mass is 19.1. The van der Waals surface area contributed by atoms with Crippen LogP contribution in [0.3, 0.4) is 0 Å². The number of rotatable bonds is 5. The summed E-state index contributed by atoms with van der Waals surface area (Å²) in [6.45, 7) is 2.86. The Kier molecular flexibility index (Phi) is 5.30. The third-order valence-corrected chi connectivity index (χ3v) is 5.48. The number of hydrogen-bond donors (Lipinski definition) is 0. The molecule has 0 spiro atoms. The predicted molar refractivity (Wildman–Crippen MR) is 106 cm³/mol. The first-order chi connectivity index (χ1) is 13.6. The zero-order valence-electron chi connectivity index (χ0n) is 15.6. The first-order valence-electron chi connectivity index (χ1n) is 9.59. The van der Waals surface area contributed by atoms with E-state index >= 15 is 0 Å². The van der Waals surface area contributed by atoms with Gasteiger partial charge >= 0.3 is 0 Å². The Labute approximate surface area is 162 Å². The van der Waals surface area contributed by atoms with Crippen LogP contribution in [0, 0.1) is 11.7 Å². The van der Waals surface area contributed by atoms with E-state index in [1.54, 1.807) is 18.3 Å². The van der Waals surface area contributed by atoms with Crippen molar-refractivity contribution < 1.29 is 9.18 Å².